The molecule has 0 aromatic carbocycles. The van der Waals surface area contributed by atoms with Crippen molar-refractivity contribution < 1.29 is 9.32 Å². The van der Waals surface area contributed by atoms with E-state index in [1.54, 1.807) is 30.4 Å². The van der Waals surface area contributed by atoms with Crippen molar-refractivity contribution >= 4 is 11.9 Å². The zero-order valence-electron chi connectivity index (χ0n) is 19.3. The van der Waals surface area contributed by atoms with Crippen molar-refractivity contribution in [1.29, 1.82) is 0 Å². The molecule has 1 saturated heterocycles. The Kier molecular flexibility index (Phi) is 5.75. The lowest BCUT2D eigenvalue weighted by Gasteiger charge is -2.15. The number of hydrogen-bond acceptors (Lipinski definition) is 8. The zero-order chi connectivity index (χ0) is 23.7. The smallest absolute Gasteiger partial charge is 0.233 e. The molecule has 0 bridgehead atoms. The third-order valence-corrected chi connectivity index (χ3v) is 6.03. The van der Waals surface area contributed by atoms with Crippen LogP contribution in [0.1, 0.15) is 42.3 Å². The van der Waals surface area contributed by atoms with Crippen molar-refractivity contribution in [3.8, 4) is 22.8 Å². The van der Waals surface area contributed by atoms with Crippen LogP contribution in [0.3, 0.4) is 0 Å². The number of hydrogen-bond donors (Lipinski definition) is 1. The summed E-state index contributed by atoms with van der Waals surface area (Å²) >= 11 is 0. The number of nitrogens with zero attached hydrogens (tertiary/aromatic N) is 6. The van der Waals surface area contributed by atoms with Gasteiger partial charge in [0.1, 0.15) is 17.4 Å². The van der Waals surface area contributed by atoms with Gasteiger partial charge < -0.3 is 14.7 Å². The number of nitrogens with one attached hydrogen (secondary N) is 1. The number of anilines is 1. The van der Waals surface area contributed by atoms with Crippen LogP contribution in [0.5, 0.6) is 0 Å². The fourth-order valence-corrected chi connectivity index (χ4v) is 4.16. The van der Waals surface area contributed by atoms with Gasteiger partial charge in [-0.15, -0.1) is 0 Å². The van der Waals surface area contributed by atoms with Crippen LogP contribution in [0, 0.1) is 6.92 Å². The standard InChI is InChI=1S/C25H25N7O2/c1-15-6-5-11-26-23(15)16(2)28-25-27-12-9-20(30-25)18-7-4-8-19(29-18)21-14-22(34-31-21)17-10-13-32(3)24(17)33/h4-9,11-12,14,16-17H,10,13H2,1-3H3,(H,27,28,30)/t16-,17+/m1/s1. The summed E-state index contributed by atoms with van der Waals surface area (Å²) < 4.78 is 5.50. The molecule has 1 aliphatic heterocycles. The second-order valence-corrected chi connectivity index (χ2v) is 8.46. The summed E-state index contributed by atoms with van der Waals surface area (Å²) in [5, 5.41) is 7.49. The molecule has 1 fully saturated rings. The molecule has 0 unspecified atom stereocenters. The largest absolute Gasteiger partial charge is 0.360 e. The van der Waals surface area contributed by atoms with Crippen LogP contribution in [-0.4, -0.2) is 49.5 Å². The predicted octanol–water partition coefficient (Wildman–Crippen LogP) is 4.02. The highest BCUT2D eigenvalue weighted by Crippen LogP contribution is 2.31. The molecule has 172 valence electrons. The molecule has 9 heteroatoms. The van der Waals surface area contributed by atoms with Crippen LogP contribution >= 0.6 is 0 Å². The van der Waals surface area contributed by atoms with Gasteiger partial charge in [-0.1, -0.05) is 17.3 Å². The first kappa shape index (κ1) is 21.7. The van der Waals surface area contributed by atoms with Gasteiger partial charge in [-0.3, -0.25) is 9.78 Å². The number of carbonyl (C=O) groups is 1. The lowest BCUT2D eigenvalue weighted by Crippen LogP contribution is -2.21. The molecule has 2 atom stereocenters. The number of likely N-dealkylation sites (tertiary alicyclic amines) is 1. The van der Waals surface area contributed by atoms with Crippen molar-refractivity contribution in [3.63, 3.8) is 0 Å². The summed E-state index contributed by atoms with van der Waals surface area (Å²) in [6.45, 7) is 4.78. The Morgan fingerprint density at radius 1 is 1.03 bits per heavy atom. The van der Waals surface area contributed by atoms with Gasteiger partial charge in [0.15, 0.2) is 0 Å². The van der Waals surface area contributed by atoms with Crippen LogP contribution < -0.4 is 5.32 Å². The zero-order valence-corrected chi connectivity index (χ0v) is 19.3. The molecule has 4 aromatic heterocycles. The minimum atomic E-state index is -0.283. The monoisotopic (exact) mass is 455 g/mol. The lowest BCUT2D eigenvalue weighted by molar-refractivity contribution is -0.128. The Hall–Kier alpha value is -4.14. The molecule has 0 saturated carbocycles. The third-order valence-electron chi connectivity index (χ3n) is 6.03. The predicted molar refractivity (Wildman–Crippen MR) is 127 cm³/mol. The molecule has 0 radical (unpaired) electrons. The highest BCUT2D eigenvalue weighted by atomic mass is 16.5. The number of likely N-dealkylation sites (N-methyl/N-ethyl adjacent to an activating group) is 1. The summed E-state index contributed by atoms with van der Waals surface area (Å²) in [5.41, 5.74) is 4.66. The minimum absolute atomic E-state index is 0.0540. The van der Waals surface area contributed by atoms with E-state index in [2.05, 4.69) is 25.4 Å². The summed E-state index contributed by atoms with van der Waals surface area (Å²) in [7, 11) is 1.80. The Morgan fingerprint density at radius 3 is 2.59 bits per heavy atom. The molecule has 0 spiro atoms. The van der Waals surface area contributed by atoms with E-state index in [1.807, 2.05) is 50.2 Å². The van der Waals surface area contributed by atoms with E-state index < -0.39 is 0 Å². The van der Waals surface area contributed by atoms with Crippen LogP contribution in [0.4, 0.5) is 5.95 Å². The molecule has 34 heavy (non-hydrogen) atoms. The van der Waals surface area contributed by atoms with E-state index in [1.165, 1.54) is 0 Å². The Balaban J connectivity index is 1.37. The van der Waals surface area contributed by atoms with Crippen LogP contribution in [-0.2, 0) is 4.79 Å². The van der Waals surface area contributed by atoms with Crippen molar-refractivity contribution in [3.05, 3.63) is 71.9 Å². The number of carbonyl (C=O) groups excluding carboxylic acids is 1. The fraction of sp³-hybridized carbons (Fsp3) is 0.280. The highest BCUT2D eigenvalue weighted by Gasteiger charge is 2.33. The molecular formula is C25H25N7O2. The van der Waals surface area contributed by atoms with Gasteiger partial charge in [-0.05, 0) is 50.1 Å². The van der Waals surface area contributed by atoms with Gasteiger partial charge in [0, 0.05) is 32.1 Å². The summed E-state index contributed by atoms with van der Waals surface area (Å²) in [5.74, 6) is 0.842. The van der Waals surface area contributed by atoms with Gasteiger partial charge >= 0.3 is 0 Å². The van der Waals surface area contributed by atoms with Crippen LogP contribution in [0.25, 0.3) is 22.8 Å². The van der Waals surface area contributed by atoms with E-state index in [0.29, 0.717) is 34.5 Å². The molecule has 1 amide bonds. The van der Waals surface area contributed by atoms with Gasteiger partial charge in [-0.2, -0.15) is 0 Å². The molecule has 0 aliphatic carbocycles. The van der Waals surface area contributed by atoms with E-state index >= 15 is 0 Å². The first-order valence-corrected chi connectivity index (χ1v) is 11.2. The first-order chi connectivity index (χ1) is 16.5. The number of amides is 1. The molecule has 5 heterocycles. The molecule has 1 aliphatic rings. The Labute approximate surface area is 197 Å². The maximum absolute atomic E-state index is 12.3. The lowest BCUT2D eigenvalue weighted by atomic mass is 10.0. The molecule has 4 aromatic rings. The minimum Gasteiger partial charge on any atom is -0.360 e. The van der Waals surface area contributed by atoms with E-state index in [9.17, 15) is 4.79 Å². The van der Waals surface area contributed by atoms with Crippen LogP contribution in [0.15, 0.2) is 59.4 Å². The first-order valence-electron chi connectivity index (χ1n) is 11.2. The van der Waals surface area contributed by atoms with Crippen molar-refractivity contribution in [2.75, 3.05) is 18.9 Å². The van der Waals surface area contributed by atoms with E-state index in [0.717, 1.165) is 24.2 Å². The van der Waals surface area contributed by atoms with E-state index in [4.69, 9.17) is 9.51 Å². The number of aryl methyl sites for hydroxylation is 1. The van der Waals surface area contributed by atoms with Gasteiger partial charge in [0.25, 0.3) is 0 Å². The molecule has 1 N–H and O–H groups in total. The Bertz CT molecular complexity index is 1340. The van der Waals surface area contributed by atoms with Crippen LogP contribution in [0.2, 0.25) is 0 Å². The van der Waals surface area contributed by atoms with Crippen molar-refractivity contribution in [2.24, 2.45) is 0 Å². The molecule has 5 rings (SSSR count). The average molecular weight is 456 g/mol. The molecular weight excluding hydrogens is 430 g/mol. The quantitative estimate of drug-likeness (QED) is 0.464. The van der Waals surface area contributed by atoms with Crippen molar-refractivity contribution in [1.82, 2.24) is 30.0 Å². The second kappa shape index (κ2) is 9.01. The number of pyridine rings is 2. The topological polar surface area (TPSA) is 110 Å². The van der Waals surface area contributed by atoms with Gasteiger partial charge in [0.2, 0.25) is 11.9 Å². The SMILES string of the molecule is Cc1cccnc1[C@@H](C)Nc1nccc(-c2cccc(-c3cc([C@@H]4CCN(C)C4=O)on3)n2)n1. The van der Waals surface area contributed by atoms with E-state index in [-0.39, 0.29) is 17.9 Å². The normalized spacial score (nSPS) is 16.6. The second-order valence-electron chi connectivity index (χ2n) is 8.46. The number of rotatable bonds is 6. The number of aromatic nitrogens is 5. The third kappa shape index (κ3) is 4.24. The van der Waals surface area contributed by atoms with Gasteiger partial charge in [0.05, 0.1) is 28.8 Å². The fourth-order valence-electron chi connectivity index (χ4n) is 4.16. The average Bonchev–Trinajstić information content (AvgIpc) is 3.46. The molecule has 9 nitrogen and oxygen atoms in total. The van der Waals surface area contributed by atoms with Crippen molar-refractivity contribution in [2.45, 2.75) is 32.2 Å². The maximum atomic E-state index is 12.3. The summed E-state index contributed by atoms with van der Waals surface area (Å²) in [6.07, 6.45) is 4.21. The highest BCUT2D eigenvalue weighted by molar-refractivity contribution is 5.85. The summed E-state index contributed by atoms with van der Waals surface area (Å²) in [6, 6.07) is 13.2. The summed E-state index contributed by atoms with van der Waals surface area (Å²) in [4.78, 5) is 32.2. The Morgan fingerprint density at radius 2 is 1.82 bits per heavy atom. The maximum Gasteiger partial charge on any atom is 0.233 e. The van der Waals surface area contributed by atoms with Gasteiger partial charge in [-0.25, -0.2) is 15.0 Å².